The molecule has 0 aliphatic heterocycles. The van der Waals surface area contributed by atoms with E-state index >= 15 is 0 Å². The lowest BCUT2D eigenvalue weighted by atomic mass is 10.1. The molecule has 1 aliphatic carbocycles. The molecule has 0 saturated heterocycles. The van der Waals surface area contributed by atoms with Crippen LogP contribution in [0, 0.1) is 10.1 Å². The second-order valence-corrected chi connectivity index (χ2v) is 3.47. The van der Waals surface area contributed by atoms with Crippen LogP contribution in [-0.2, 0) is 22.4 Å². The molecule has 1 aromatic rings. The number of non-ortho nitro benzene ring substituents is 1. The van der Waals surface area contributed by atoms with Gasteiger partial charge in [0.25, 0.3) is 12.2 Å². The van der Waals surface area contributed by atoms with E-state index in [1.165, 1.54) is 6.07 Å². The number of carbonyl (C=O) groups excluding carboxylic acids is 1. The van der Waals surface area contributed by atoms with Gasteiger partial charge in [-0.3, -0.25) is 14.9 Å². The second kappa shape index (κ2) is 3.68. The van der Waals surface area contributed by atoms with Gasteiger partial charge in [-0.1, -0.05) is 6.07 Å². The number of rotatable bonds is 3. The van der Waals surface area contributed by atoms with E-state index < -0.39 is 4.92 Å². The van der Waals surface area contributed by atoms with Crippen LogP contribution in [0.25, 0.3) is 0 Å². The lowest BCUT2D eigenvalue weighted by Crippen LogP contribution is -2.10. The van der Waals surface area contributed by atoms with E-state index in [4.69, 9.17) is 4.74 Å². The molecule has 0 N–H and O–H groups in total. The summed E-state index contributed by atoms with van der Waals surface area (Å²) in [6.45, 7) is 0.422. The van der Waals surface area contributed by atoms with Crippen LogP contribution in [0.4, 0.5) is 5.69 Å². The van der Waals surface area contributed by atoms with Crippen molar-refractivity contribution in [2.45, 2.75) is 18.9 Å². The number of hydrogen-bond donors (Lipinski definition) is 0. The van der Waals surface area contributed by atoms with E-state index in [-0.39, 0.29) is 11.8 Å². The van der Waals surface area contributed by atoms with Crippen LogP contribution >= 0.6 is 0 Å². The van der Waals surface area contributed by atoms with Crippen LogP contribution in [0.3, 0.4) is 0 Å². The van der Waals surface area contributed by atoms with Crippen molar-refractivity contribution < 1.29 is 14.5 Å². The summed E-state index contributed by atoms with van der Waals surface area (Å²) in [6, 6.07) is 4.74. The highest BCUT2D eigenvalue weighted by Crippen LogP contribution is 2.27. The third-order valence-electron chi connectivity index (χ3n) is 2.54. The first-order valence-electron chi connectivity index (χ1n) is 4.56. The Kier molecular flexibility index (Phi) is 2.37. The van der Waals surface area contributed by atoms with Crippen LogP contribution in [0.1, 0.15) is 11.1 Å². The van der Waals surface area contributed by atoms with E-state index in [2.05, 4.69) is 0 Å². The lowest BCUT2D eigenvalue weighted by Gasteiger charge is -2.03. The Morgan fingerprint density at radius 2 is 2.13 bits per heavy atom. The van der Waals surface area contributed by atoms with Gasteiger partial charge < -0.3 is 4.74 Å². The van der Waals surface area contributed by atoms with Crippen molar-refractivity contribution >= 4 is 12.2 Å². The average molecular weight is 207 g/mol. The van der Waals surface area contributed by atoms with Gasteiger partial charge >= 0.3 is 0 Å². The summed E-state index contributed by atoms with van der Waals surface area (Å²) in [4.78, 5) is 20.3. The Bertz CT molecular complexity index is 416. The minimum atomic E-state index is -0.422. The zero-order chi connectivity index (χ0) is 10.8. The molecule has 1 atom stereocenters. The first kappa shape index (κ1) is 9.64. The van der Waals surface area contributed by atoms with Gasteiger partial charge in [-0.25, -0.2) is 0 Å². The molecule has 0 bridgehead atoms. The van der Waals surface area contributed by atoms with Crippen molar-refractivity contribution in [3.05, 3.63) is 39.4 Å². The topological polar surface area (TPSA) is 69.4 Å². The number of nitrogens with zero attached hydrogens (tertiary/aromatic N) is 1. The number of nitro groups is 1. The molecule has 0 aromatic heterocycles. The van der Waals surface area contributed by atoms with Crippen molar-refractivity contribution in [1.82, 2.24) is 0 Å². The molecule has 0 radical (unpaired) electrons. The quantitative estimate of drug-likeness (QED) is 0.424. The van der Waals surface area contributed by atoms with Crippen molar-refractivity contribution in [3.8, 4) is 0 Å². The lowest BCUT2D eigenvalue weighted by molar-refractivity contribution is -0.384. The first-order chi connectivity index (χ1) is 7.20. The smallest absolute Gasteiger partial charge is 0.293 e. The molecule has 0 saturated carbocycles. The van der Waals surface area contributed by atoms with E-state index in [9.17, 15) is 14.9 Å². The van der Waals surface area contributed by atoms with Crippen LogP contribution < -0.4 is 0 Å². The number of nitro benzene ring substituents is 1. The summed E-state index contributed by atoms with van der Waals surface area (Å²) in [6.07, 6.45) is 1.04. The SMILES string of the molecule is O=COC1Cc2ccc([N+](=O)[O-])cc2C1. The maximum atomic E-state index is 10.5. The number of hydrogen-bond acceptors (Lipinski definition) is 4. The van der Waals surface area contributed by atoms with Crippen molar-refractivity contribution in [3.63, 3.8) is 0 Å². The number of fused-ring (bicyclic) bond motifs is 1. The Morgan fingerprint density at radius 3 is 2.80 bits per heavy atom. The highest BCUT2D eigenvalue weighted by Gasteiger charge is 2.24. The van der Waals surface area contributed by atoms with Gasteiger partial charge in [0, 0.05) is 25.0 Å². The third-order valence-corrected chi connectivity index (χ3v) is 2.54. The summed E-state index contributed by atoms with van der Waals surface area (Å²) in [7, 11) is 0. The highest BCUT2D eigenvalue weighted by atomic mass is 16.6. The molecular formula is C10H9NO4. The molecule has 1 aromatic carbocycles. The van der Waals surface area contributed by atoms with Gasteiger partial charge in [-0.15, -0.1) is 0 Å². The fraction of sp³-hybridized carbons (Fsp3) is 0.300. The van der Waals surface area contributed by atoms with Gasteiger partial charge in [0.2, 0.25) is 0 Å². The van der Waals surface area contributed by atoms with E-state index in [1.54, 1.807) is 12.1 Å². The largest absolute Gasteiger partial charge is 0.464 e. The van der Waals surface area contributed by atoms with E-state index in [0.717, 1.165) is 11.1 Å². The molecule has 0 fully saturated rings. The molecular weight excluding hydrogens is 198 g/mol. The summed E-state index contributed by atoms with van der Waals surface area (Å²) < 4.78 is 4.84. The minimum Gasteiger partial charge on any atom is -0.464 e. The number of carbonyl (C=O) groups is 1. The molecule has 78 valence electrons. The van der Waals surface area contributed by atoms with Gasteiger partial charge in [0.1, 0.15) is 6.10 Å². The van der Waals surface area contributed by atoms with Gasteiger partial charge in [0.05, 0.1) is 4.92 Å². The fourth-order valence-electron chi connectivity index (χ4n) is 1.85. The highest BCUT2D eigenvalue weighted by molar-refractivity contribution is 5.44. The normalized spacial score (nSPS) is 18.3. The Morgan fingerprint density at radius 1 is 1.40 bits per heavy atom. The molecule has 1 aliphatic rings. The molecule has 0 spiro atoms. The van der Waals surface area contributed by atoms with Crippen LogP contribution in [0.2, 0.25) is 0 Å². The van der Waals surface area contributed by atoms with Gasteiger partial charge in [-0.2, -0.15) is 0 Å². The molecule has 0 amide bonds. The Balaban J connectivity index is 2.23. The molecule has 15 heavy (non-hydrogen) atoms. The average Bonchev–Trinajstić information content (AvgIpc) is 2.59. The first-order valence-corrected chi connectivity index (χ1v) is 4.56. The fourth-order valence-corrected chi connectivity index (χ4v) is 1.85. The Hall–Kier alpha value is -1.91. The standard InChI is InChI=1S/C10H9NO4/c12-6-15-10-4-7-1-2-9(11(13)14)3-8(7)5-10/h1-3,6,10H,4-5H2. The zero-order valence-electron chi connectivity index (χ0n) is 7.88. The molecule has 1 unspecified atom stereocenters. The molecule has 0 heterocycles. The molecule has 5 nitrogen and oxygen atoms in total. The predicted octanol–water partition coefficient (Wildman–Crippen LogP) is 1.24. The van der Waals surface area contributed by atoms with E-state index in [0.29, 0.717) is 19.3 Å². The maximum absolute atomic E-state index is 10.5. The number of benzene rings is 1. The number of ether oxygens (including phenoxy) is 1. The zero-order valence-corrected chi connectivity index (χ0v) is 7.88. The van der Waals surface area contributed by atoms with Crippen LogP contribution in [0.5, 0.6) is 0 Å². The van der Waals surface area contributed by atoms with Crippen molar-refractivity contribution in [1.29, 1.82) is 0 Å². The summed E-state index contributed by atoms with van der Waals surface area (Å²) in [5.41, 5.74) is 2.00. The monoisotopic (exact) mass is 207 g/mol. The third kappa shape index (κ3) is 1.81. The van der Waals surface area contributed by atoms with Gasteiger partial charge in [-0.05, 0) is 11.1 Å². The summed E-state index contributed by atoms with van der Waals surface area (Å²) >= 11 is 0. The van der Waals surface area contributed by atoms with Crippen molar-refractivity contribution in [2.75, 3.05) is 0 Å². The van der Waals surface area contributed by atoms with Crippen molar-refractivity contribution in [2.24, 2.45) is 0 Å². The molecule has 2 rings (SSSR count). The summed E-state index contributed by atoms with van der Waals surface area (Å²) in [5, 5.41) is 10.5. The second-order valence-electron chi connectivity index (χ2n) is 3.47. The van der Waals surface area contributed by atoms with E-state index in [1.807, 2.05) is 0 Å². The van der Waals surface area contributed by atoms with Gasteiger partial charge in [0.15, 0.2) is 0 Å². The molecule has 5 heteroatoms. The Labute approximate surface area is 85.8 Å². The van der Waals surface area contributed by atoms with Crippen LogP contribution in [-0.4, -0.2) is 17.5 Å². The maximum Gasteiger partial charge on any atom is 0.293 e. The summed E-state index contributed by atoms with van der Waals surface area (Å²) in [5.74, 6) is 0. The predicted molar refractivity (Wildman–Crippen MR) is 51.4 cm³/mol. The van der Waals surface area contributed by atoms with Crippen LogP contribution in [0.15, 0.2) is 18.2 Å². The minimum absolute atomic E-state index is 0.0838.